The van der Waals surface area contributed by atoms with Crippen molar-refractivity contribution in [1.82, 2.24) is 10.3 Å². The molecule has 1 amide bonds. The van der Waals surface area contributed by atoms with Crippen molar-refractivity contribution in [2.24, 2.45) is 0 Å². The molecule has 0 spiro atoms. The molecule has 0 saturated heterocycles. The number of thiazole rings is 1. The van der Waals surface area contributed by atoms with E-state index in [9.17, 15) is 13.2 Å². The third-order valence-corrected chi connectivity index (χ3v) is 6.27. The predicted molar refractivity (Wildman–Crippen MR) is 125 cm³/mol. The van der Waals surface area contributed by atoms with E-state index >= 15 is 0 Å². The van der Waals surface area contributed by atoms with Crippen molar-refractivity contribution in [2.75, 3.05) is 16.6 Å². The molecule has 0 atom stereocenters. The summed E-state index contributed by atoms with van der Waals surface area (Å²) in [5.41, 5.74) is 0.963. The van der Waals surface area contributed by atoms with Gasteiger partial charge in [-0.2, -0.15) is 0 Å². The number of thiocarbonyl (C=S) groups is 1. The molecule has 3 aromatic rings. The lowest BCUT2D eigenvalue weighted by Crippen LogP contribution is -2.34. The molecule has 3 N–H and O–H groups in total. The number of sulfonamides is 1. The van der Waals surface area contributed by atoms with Crippen LogP contribution in [0.3, 0.4) is 0 Å². The second-order valence-corrected chi connectivity index (χ2v) is 9.23. The zero-order valence-corrected chi connectivity index (χ0v) is 18.9. The highest BCUT2D eigenvalue weighted by Crippen LogP contribution is 2.19. The number of amides is 1. The third-order valence-electron chi connectivity index (χ3n) is 3.89. The molecule has 0 saturated carbocycles. The smallest absolute Gasteiger partial charge is 0.263 e. The number of carbonyl (C=O) groups excluding carboxylic acids is 1. The first-order valence-corrected chi connectivity index (χ1v) is 12.0. The van der Waals surface area contributed by atoms with Gasteiger partial charge in [0.15, 0.2) is 10.2 Å². The Morgan fingerprint density at radius 1 is 1.13 bits per heavy atom. The van der Waals surface area contributed by atoms with Crippen LogP contribution in [0.2, 0.25) is 0 Å². The van der Waals surface area contributed by atoms with Gasteiger partial charge in [-0.05, 0) is 67.2 Å². The molecule has 11 heteroatoms. The lowest BCUT2D eigenvalue weighted by atomic mass is 10.2. The Labute approximate surface area is 189 Å². The van der Waals surface area contributed by atoms with E-state index in [0.29, 0.717) is 23.6 Å². The monoisotopic (exact) mass is 476 g/mol. The van der Waals surface area contributed by atoms with Gasteiger partial charge in [-0.3, -0.25) is 14.8 Å². The molecule has 0 aliphatic rings. The fourth-order valence-corrected chi connectivity index (χ4v) is 4.42. The summed E-state index contributed by atoms with van der Waals surface area (Å²) in [6, 6.07) is 12.7. The van der Waals surface area contributed by atoms with Gasteiger partial charge in [0.05, 0.1) is 11.5 Å². The number of aromatic nitrogens is 1. The number of nitrogens with one attached hydrogen (secondary N) is 3. The molecular weight excluding hydrogens is 456 g/mol. The topological polar surface area (TPSA) is 109 Å². The fourth-order valence-electron chi connectivity index (χ4n) is 2.43. The van der Waals surface area contributed by atoms with Gasteiger partial charge in [-0.15, -0.1) is 11.3 Å². The minimum absolute atomic E-state index is 0.0774. The highest BCUT2D eigenvalue weighted by atomic mass is 32.2. The summed E-state index contributed by atoms with van der Waals surface area (Å²) in [6.45, 7) is 2.63. The third kappa shape index (κ3) is 6.48. The average molecular weight is 477 g/mol. The van der Waals surface area contributed by atoms with E-state index in [2.05, 4.69) is 20.3 Å². The minimum Gasteiger partial charge on any atom is -0.494 e. The second-order valence-electron chi connectivity index (χ2n) is 6.25. The Morgan fingerprint density at radius 2 is 1.84 bits per heavy atom. The second kappa shape index (κ2) is 10.3. The molecule has 0 aliphatic heterocycles. The summed E-state index contributed by atoms with van der Waals surface area (Å²) in [5.74, 6) is 0.324. The summed E-state index contributed by atoms with van der Waals surface area (Å²) in [5, 5.41) is 7.49. The summed E-state index contributed by atoms with van der Waals surface area (Å²) >= 11 is 6.36. The van der Waals surface area contributed by atoms with Gasteiger partial charge in [-0.25, -0.2) is 13.4 Å². The molecule has 0 radical (unpaired) electrons. The zero-order valence-electron chi connectivity index (χ0n) is 16.5. The first kappa shape index (κ1) is 22.7. The van der Waals surface area contributed by atoms with E-state index in [4.69, 9.17) is 17.0 Å². The fraction of sp³-hybridized carbons (Fsp3) is 0.150. The number of hydrogen-bond donors (Lipinski definition) is 3. The first-order chi connectivity index (χ1) is 14.9. The van der Waals surface area contributed by atoms with Gasteiger partial charge < -0.3 is 10.1 Å². The van der Waals surface area contributed by atoms with Crippen LogP contribution in [0.1, 0.15) is 23.7 Å². The summed E-state index contributed by atoms with van der Waals surface area (Å²) in [6.07, 6.45) is 2.41. The number of carbonyl (C=O) groups is 1. The van der Waals surface area contributed by atoms with Crippen molar-refractivity contribution in [3.05, 3.63) is 65.7 Å². The Balaban J connectivity index is 1.56. The molecule has 1 heterocycles. The van der Waals surface area contributed by atoms with Crippen LogP contribution in [0.4, 0.5) is 10.8 Å². The molecular formula is C20H20N4O4S3. The summed E-state index contributed by atoms with van der Waals surface area (Å²) in [4.78, 5) is 16.3. The van der Waals surface area contributed by atoms with Crippen LogP contribution < -0.4 is 20.1 Å². The van der Waals surface area contributed by atoms with Gasteiger partial charge in [0.2, 0.25) is 0 Å². The highest BCUT2D eigenvalue weighted by Gasteiger charge is 2.15. The quantitative estimate of drug-likeness (QED) is 0.424. The minimum atomic E-state index is -3.74. The molecule has 1 aromatic heterocycles. The molecule has 0 unspecified atom stereocenters. The molecule has 8 nitrogen and oxygen atoms in total. The van der Waals surface area contributed by atoms with Crippen molar-refractivity contribution in [2.45, 2.75) is 18.2 Å². The predicted octanol–water partition coefficient (Wildman–Crippen LogP) is 3.86. The number of nitrogens with zero attached hydrogens (tertiary/aromatic N) is 1. The van der Waals surface area contributed by atoms with Crippen LogP contribution in [0, 0.1) is 0 Å². The lowest BCUT2D eigenvalue weighted by Gasteiger charge is -2.11. The molecule has 2 aromatic carbocycles. The largest absolute Gasteiger partial charge is 0.494 e. The highest BCUT2D eigenvalue weighted by molar-refractivity contribution is 7.93. The van der Waals surface area contributed by atoms with Crippen molar-refractivity contribution >= 4 is 55.4 Å². The maximum absolute atomic E-state index is 12.4. The van der Waals surface area contributed by atoms with Gasteiger partial charge in [0.1, 0.15) is 5.75 Å². The Hall–Kier alpha value is -3.02. The van der Waals surface area contributed by atoms with Crippen molar-refractivity contribution in [1.29, 1.82) is 0 Å². The van der Waals surface area contributed by atoms with Gasteiger partial charge in [0.25, 0.3) is 15.9 Å². The van der Waals surface area contributed by atoms with Crippen molar-refractivity contribution in [3.8, 4) is 5.75 Å². The molecule has 0 fully saturated rings. The number of anilines is 2. The van der Waals surface area contributed by atoms with Crippen molar-refractivity contribution in [3.63, 3.8) is 0 Å². The summed E-state index contributed by atoms with van der Waals surface area (Å²) in [7, 11) is -3.74. The van der Waals surface area contributed by atoms with Gasteiger partial charge >= 0.3 is 0 Å². The Morgan fingerprint density at radius 3 is 2.45 bits per heavy atom. The molecule has 162 valence electrons. The Kier molecular flexibility index (Phi) is 7.55. The normalized spacial score (nSPS) is 10.9. The first-order valence-electron chi connectivity index (χ1n) is 9.25. The molecule has 0 aliphatic carbocycles. The van der Waals surface area contributed by atoms with Crippen LogP contribution in [0.25, 0.3) is 0 Å². The average Bonchev–Trinajstić information content (AvgIpc) is 3.25. The van der Waals surface area contributed by atoms with E-state index < -0.39 is 10.0 Å². The summed E-state index contributed by atoms with van der Waals surface area (Å²) < 4.78 is 32.6. The van der Waals surface area contributed by atoms with Crippen LogP contribution in [-0.2, 0) is 10.0 Å². The van der Waals surface area contributed by atoms with E-state index in [0.717, 1.165) is 6.42 Å². The SMILES string of the molecule is CCCOc1ccc(C(=O)NC(=S)Nc2ccc(S(=O)(=O)Nc3nccs3)cc2)cc1. The molecule has 31 heavy (non-hydrogen) atoms. The van der Waals surface area contributed by atoms with Gasteiger partial charge in [0, 0.05) is 22.8 Å². The van der Waals surface area contributed by atoms with Gasteiger partial charge in [-0.1, -0.05) is 6.92 Å². The molecule has 0 bridgehead atoms. The van der Waals surface area contributed by atoms with E-state index in [-0.39, 0.29) is 21.0 Å². The number of ether oxygens (including phenoxy) is 1. The van der Waals surface area contributed by atoms with E-state index in [1.54, 1.807) is 41.8 Å². The number of benzene rings is 2. The molecule has 3 rings (SSSR count). The van der Waals surface area contributed by atoms with E-state index in [1.165, 1.54) is 29.7 Å². The van der Waals surface area contributed by atoms with Crippen LogP contribution in [-0.4, -0.2) is 31.0 Å². The van der Waals surface area contributed by atoms with Crippen molar-refractivity contribution < 1.29 is 17.9 Å². The van der Waals surface area contributed by atoms with Crippen LogP contribution in [0.15, 0.2) is 65.0 Å². The van der Waals surface area contributed by atoms with Crippen LogP contribution >= 0.6 is 23.6 Å². The maximum atomic E-state index is 12.4. The maximum Gasteiger partial charge on any atom is 0.263 e. The standard InChI is InChI=1S/C20H20N4O4S3/c1-2-12-28-16-7-3-14(4-8-16)18(25)23-19(29)22-15-5-9-17(10-6-15)31(26,27)24-20-21-11-13-30-20/h3-11,13H,2,12H2,1H3,(H,21,24)(H2,22,23,25,29). The lowest BCUT2D eigenvalue weighted by molar-refractivity contribution is 0.0977. The van der Waals surface area contributed by atoms with E-state index in [1.807, 2.05) is 6.92 Å². The zero-order chi connectivity index (χ0) is 22.3. The number of rotatable bonds is 8. The Bertz CT molecular complexity index is 1130. The number of hydrogen-bond acceptors (Lipinski definition) is 7. The van der Waals surface area contributed by atoms with Crippen LogP contribution in [0.5, 0.6) is 5.75 Å².